The number of aryl methyl sites for hydroxylation is 1. The summed E-state index contributed by atoms with van der Waals surface area (Å²) in [4.78, 5) is 22.2. The van der Waals surface area contributed by atoms with Gasteiger partial charge in [-0.05, 0) is 19.8 Å². The highest BCUT2D eigenvalue weighted by Crippen LogP contribution is 2.24. The molecular formula is C13H20N4O. The van der Waals surface area contributed by atoms with Crippen LogP contribution < -0.4 is 10.2 Å². The molecule has 0 amide bonds. The van der Waals surface area contributed by atoms with Gasteiger partial charge in [0.2, 0.25) is 0 Å². The van der Waals surface area contributed by atoms with Crippen molar-refractivity contribution in [1.29, 1.82) is 0 Å². The lowest BCUT2D eigenvalue weighted by Crippen LogP contribution is -2.36. The number of aromatic nitrogens is 2. The van der Waals surface area contributed by atoms with Gasteiger partial charge in [-0.25, -0.2) is 9.97 Å². The zero-order valence-corrected chi connectivity index (χ0v) is 11.2. The van der Waals surface area contributed by atoms with Crippen LogP contribution in [-0.4, -0.2) is 35.9 Å². The largest absolute Gasteiger partial charge is 0.373 e. The summed E-state index contributed by atoms with van der Waals surface area (Å²) >= 11 is 0. The lowest BCUT2D eigenvalue weighted by molar-refractivity contribution is -0.120. The number of Topliss-reactive ketones (excluding diaryl/α,β-unsaturated/α-hetero) is 1. The number of hydrogen-bond acceptors (Lipinski definition) is 5. The summed E-state index contributed by atoms with van der Waals surface area (Å²) in [5.41, 5.74) is 0. The number of ketones is 1. The van der Waals surface area contributed by atoms with Gasteiger partial charge in [-0.1, -0.05) is 0 Å². The highest BCUT2D eigenvalue weighted by atomic mass is 16.1. The number of anilines is 2. The predicted octanol–water partition coefficient (Wildman–Crippen LogP) is 1.77. The average molecular weight is 248 g/mol. The highest BCUT2D eigenvalue weighted by Gasteiger charge is 2.23. The molecule has 1 N–H and O–H groups in total. The molecule has 0 aliphatic heterocycles. The van der Waals surface area contributed by atoms with E-state index in [1.807, 2.05) is 27.1 Å². The number of hydrogen-bond donors (Lipinski definition) is 1. The van der Waals surface area contributed by atoms with Gasteiger partial charge in [0.1, 0.15) is 23.2 Å². The molecular weight excluding hydrogens is 228 g/mol. The van der Waals surface area contributed by atoms with Gasteiger partial charge < -0.3 is 10.2 Å². The Morgan fingerprint density at radius 2 is 2.00 bits per heavy atom. The smallest absolute Gasteiger partial charge is 0.134 e. The first-order chi connectivity index (χ1) is 8.60. The molecule has 1 aliphatic rings. The van der Waals surface area contributed by atoms with Crippen LogP contribution >= 0.6 is 0 Å². The predicted molar refractivity (Wildman–Crippen MR) is 72.0 cm³/mol. The Kier molecular flexibility index (Phi) is 3.79. The number of nitrogens with zero attached hydrogens (tertiary/aromatic N) is 3. The fraction of sp³-hybridized carbons (Fsp3) is 0.615. The van der Waals surface area contributed by atoms with Crippen molar-refractivity contribution in [3.63, 3.8) is 0 Å². The molecule has 0 bridgehead atoms. The summed E-state index contributed by atoms with van der Waals surface area (Å²) in [5, 5.41) is 3.04. The first-order valence-electron chi connectivity index (χ1n) is 6.38. The minimum absolute atomic E-state index is 0.384. The summed E-state index contributed by atoms with van der Waals surface area (Å²) in [6.07, 6.45) is 3.23. The molecule has 5 heteroatoms. The normalized spacial score (nSPS) is 16.7. The van der Waals surface area contributed by atoms with Crippen LogP contribution in [0, 0.1) is 6.92 Å². The summed E-state index contributed by atoms with van der Waals surface area (Å²) in [6, 6.07) is 2.35. The van der Waals surface area contributed by atoms with E-state index in [-0.39, 0.29) is 0 Å². The monoisotopic (exact) mass is 248 g/mol. The highest BCUT2D eigenvalue weighted by molar-refractivity contribution is 5.79. The van der Waals surface area contributed by atoms with E-state index in [1.165, 1.54) is 0 Å². The Labute approximate surface area is 108 Å². The quantitative estimate of drug-likeness (QED) is 0.883. The third kappa shape index (κ3) is 2.78. The fourth-order valence-corrected chi connectivity index (χ4v) is 2.36. The Balaban J connectivity index is 2.15. The van der Waals surface area contributed by atoms with Crippen LogP contribution in [0.3, 0.4) is 0 Å². The molecule has 1 heterocycles. The summed E-state index contributed by atoms with van der Waals surface area (Å²) in [6.45, 7) is 1.89. The van der Waals surface area contributed by atoms with E-state index in [0.29, 0.717) is 24.7 Å². The molecule has 98 valence electrons. The van der Waals surface area contributed by atoms with Gasteiger partial charge >= 0.3 is 0 Å². The third-order valence-corrected chi connectivity index (χ3v) is 3.50. The third-order valence-electron chi connectivity index (χ3n) is 3.50. The van der Waals surface area contributed by atoms with E-state index in [9.17, 15) is 4.79 Å². The SMILES string of the molecule is CNc1cc(N(C)C2CCC(=O)CC2)nc(C)n1. The molecule has 0 spiro atoms. The molecule has 1 fully saturated rings. The lowest BCUT2D eigenvalue weighted by Gasteiger charge is -2.31. The van der Waals surface area contributed by atoms with Crippen molar-refractivity contribution in [3.05, 3.63) is 11.9 Å². The van der Waals surface area contributed by atoms with Gasteiger partial charge in [-0.2, -0.15) is 0 Å². The molecule has 0 atom stereocenters. The van der Waals surface area contributed by atoms with E-state index in [2.05, 4.69) is 20.2 Å². The molecule has 0 unspecified atom stereocenters. The minimum atomic E-state index is 0.384. The molecule has 0 saturated heterocycles. The number of nitrogens with one attached hydrogen (secondary N) is 1. The van der Waals surface area contributed by atoms with Gasteiger partial charge in [-0.3, -0.25) is 4.79 Å². The van der Waals surface area contributed by atoms with Crippen molar-refractivity contribution in [2.24, 2.45) is 0 Å². The molecule has 1 aromatic rings. The second-order valence-corrected chi connectivity index (χ2v) is 4.79. The van der Waals surface area contributed by atoms with E-state index in [1.54, 1.807) is 0 Å². The second-order valence-electron chi connectivity index (χ2n) is 4.79. The van der Waals surface area contributed by atoms with Gasteiger partial charge in [0.05, 0.1) is 0 Å². The van der Waals surface area contributed by atoms with Crippen molar-refractivity contribution < 1.29 is 4.79 Å². The maximum absolute atomic E-state index is 11.3. The first kappa shape index (κ1) is 12.8. The summed E-state index contributed by atoms with van der Waals surface area (Å²) in [5.74, 6) is 2.90. The van der Waals surface area contributed by atoms with Crippen LogP contribution in [0.15, 0.2) is 6.07 Å². The molecule has 2 rings (SSSR count). The summed E-state index contributed by atoms with van der Waals surface area (Å²) < 4.78 is 0. The number of rotatable bonds is 3. The Hall–Kier alpha value is -1.65. The van der Waals surface area contributed by atoms with Crippen molar-refractivity contribution in [1.82, 2.24) is 9.97 Å². The maximum Gasteiger partial charge on any atom is 0.134 e. The van der Waals surface area contributed by atoms with E-state index in [4.69, 9.17) is 0 Å². The fourth-order valence-electron chi connectivity index (χ4n) is 2.36. The molecule has 18 heavy (non-hydrogen) atoms. The van der Waals surface area contributed by atoms with Crippen molar-refractivity contribution >= 4 is 17.4 Å². The zero-order valence-electron chi connectivity index (χ0n) is 11.2. The average Bonchev–Trinajstić information content (AvgIpc) is 2.38. The van der Waals surface area contributed by atoms with E-state index >= 15 is 0 Å². The van der Waals surface area contributed by atoms with E-state index in [0.717, 1.165) is 30.3 Å². The van der Waals surface area contributed by atoms with Crippen molar-refractivity contribution in [3.8, 4) is 0 Å². The van der Waals surface area contributed by atoms with Crippen LogP contribution in [0.2, 0.25) is 0 Å². The Morgan fingerprint density at radius 1 is 1.33 bits per heavy atom. The molecule has 5 nitrogen and oxygen atoms in total. The van der Waals surface area contributed by atoms with Crippen LogP contribution in [-0.2, 0) is 4.79 Å². The number of carbonyl (C=O) groups excluding carboxylic acids is 1. The molecule has 1 aromatic heterocycles. The maximum atomic E-state index is 11.3. The first-order valence-corrected chi connectivity index (χ1v) is 6.38. The molecule has 0 aromatic carbocycles. The van der Waals surface area contributed by atoms with Gasteiger partial charge in [0, 0.05) is 39.0 Å². The molecule has 1 saturated carbocycles. The van der Waals surface area contributed by atoms with Crippen LogP contribution in [0.25, 0.3) is 0 Å². The summed E-state index contributed by atoms with van der Waals surface area (Å²) in [7, 11) is 3.90. The zero-order chi connectivity index (χ0) is 13.1. The second kappa shape index (κ2) is 5.33. The van der Waals surface area contributed by atoms with Crippen LogP contribution in [0.4, 0.5) is 11.6 Å². The van der Waals surface area contributed by atoms with Crippen LogP contribution in [0.1, 0.15) is 31.5 Å². The van der Waals surface area contributed by atoms with E-state index < -0.39 is 0 Å². The van der Waals surface area contributed by atoms with Crippen LogP contribution in [0.5, 0.6) is 0 Å². The van der Waals surface area contributed by atoms with Crippen molar-refractivity contribution in [2.75, 3.05) is 24.3 Å². The minimum Gasteiger partial charge on any atom is -0.373 e. The Bertz CT molecular complexity index is 437. The van der Waals surface area contributed by atoms with Crippen molar-refractivity contribution in [2.45, 2.75) is 38.6 Å². The Morgan fingerprint density at radius 3 is 2.61 bits per heavy atom. The topological polar surface area (TPSA) is 58.1 Å². The molecule has 1 aliphatic carbocycles. The van der Waals surface area contributed by atoms with Gasteiger partial charge in [0.15, 0.2) is 0 Å². The lowest BCUT2D eigenvalue weighted by atomic mass is 9.93. The van der Waals surface area contributed by atoms with Gasteiger partial charge in [0.25, 0.3) is 0 Å². The van der Waals surface area contributed by atoms with Gasteiger partial charge in [-0.15, -0.1) is 0 Å². The number of carbonyl (C=O) groups is 1. The molecule has 0 radical (unpaired) electrons. The standard InChI is InChI=1S/C13H20N4O/c1-9-15-12(14-2)8-13(16-9)17(3)10-4-6-11(18)7-5-10/h8,10H,4-7H2,1-3H3,(H,14,15,16).